The van der Waals surface area contributed by atoms with E-state index in [-0.39, 0.29) is 23.2 Å². The molecule has 1 aliphatic heterocycles. The zero-order valence-electron chi connectivity index (χ0n) is 14.6. The van der Waals surface area contributed by atoms with E-state index in [4.69, 9.17) is 0 Å². The van der Waals surface area contributed by atoms with Crippen molar-refractivity contribution >= 4 is 32.5 Å². The van der Waals surface area contributed by atoms with Crippen molar-refractivity contribution in [3.05, 3.63) is 59.5 Å². The number of nitrogens with one attached hydrogen (secondary N) is 2. The summed E-state index contributed by atoms with van der Waals surface area (Å²) in [7, 11) is -3.69. The molecule has 8 heteroatoms. The molecule has 4 rings (SSSR count). The number of nitrogens with zero attached hydrogens (tertiary/aromatic N) is 1. The lowest BCUT2D eigenvalue weighted by molar-refractivity contribution is -0.114. The summed E-state index contributed by atoms with van der Waals surface area (Å²) in [5.41, 5.74) is 3.10. The summed E-state index contributed by atoms with van der Waals surface area (Å²) in [4.78, 5) is 14.5. The van der Waals surface area contributed by atoms with Gasteiger partial charge in [-0.2, -0.15) is 4.31 Å². The van der Waals surface area contributed by atoms with Crippen molar-refractivity contribution in [3.63, 3.8) is 0 Å². The molecule has 0 fully saturated rings. The van der Waals surface area contributed by atoms with Crippen LogP contribution in [0.4, 0.5) is 10.1 Å². The standard InChI is InChI=1S/C19H18FN3O3S/c1-12(24)21-14-3-5-15(6-4-14)27(25,26)23-9-8-19-17(11-23)16-10-13(20)2-7-18(16)22-19/h2-7,10,22H,8-9,11H2,1H3,(H,21,24). The number of fused-ring (bicyclic) bond motifs is 3. The molecule has 3 aromatic rings. The molecule has 140 valence electrons. The second-order valence-corrected chi connectivity index (χ2v) is 8.50. The Bertz CT molecular complexity index is 1140. The molecule has 27 heavy (non-hydrogen) atoms. The van der Waals surface area contributed by atoms with Crippen LogP contribution < -0.4 is 5.32 Å². The molecule has 0 atom stereocenters. The molecule has 1 amide bonds. The first-order valence-corrected chi connectivity index (χ1v) is 9.95. The van der Waals surface area contributed by atoms with E-state index in [9.17, 15) is 17.6 Å². The second kappa shape index (κ2) is 6.47. The molecular weight excluding hydrogens is 369 g/mol. The fourth-order valence-electron chi connectivity index (χ4n) is 3.43. The number of anilines is 1. The Morgan fingerprint density at radius 2 is 1.93 bits per heavy atom. The van der Waals surface area contributed by atoms with E-state index in [2.05, 4.69) is 10.3 Å². The van der Waals surface area contributed by atoms with Gasteiger partial charge in [0.2, 0.25) is 15.9 Å². The SMILES string of the molecule is CC(=O)Nc1ccc(S(=O)(=O)N2CCc3[nH]c4ccc(F)cc4c3C2)cc1. The van der Waals surface area contributed by atoms with Gasteiger partial charge in [-0.3, -0.25) is 4.79 Å². The van der Waals surface area contributed by atoms with E-state index in [1.165, 1.54) is 35.5 Å². The number of carbonyl (C=O) groups is 1. The van der Waals surface area contributed by atoms with Crippen molar-refractivity contribution < 1.29 is 17.6 Å². The van der Waals surface area contributed by atoms with Crippen molar-refractivity contribution in [3.8, 4) is 0 Å². The maximum Gasteiger partial charge on any atom is 0.243 e. The summed E-state index contributed by atoms with van der Waals surface area (Å²) in [5, 5.41) is 3.32. The Balaban J connectivity index is 1.65. The summed E-state index contributed by atoms with van der Waals surface area (Å²) in [6.07, 6.45) is 0.537. The predicted molar refractivity (Wildman–Crippen MR) is 100 cm³/mol. The summed E-state index contributed by atoms with van der Waals surface area (Å²) < 4.78 is 41.1. The highest BCUT2D eigenvalue weighted by atomic mass is 32.2. The highest BCUT2D eigenvalue weighted by Gasteiger charge is 2.30. The molecular formula is C19H18FN3O3S. The smallest absolute Gasteiger partial charge is 0.243 e. The van der Waals surface area contributed by atoms with Gasteiger partial charge in [0, 0.05) is 48.7 Å². The van der Waals surface area contributed by atoms with Crippen LogP contribution in [0.3, 0.4) is 0 Å². The molecule has 0 aliphatic carbocycles. The van der Waals surface area contributed by atoms with Crippen LogP contribution in [-0.4, -0.2) is 30.2 Å². The van der Waals surface area contributed by atoms with Gasteiger partial charge in [0.15, 0.2) is 0 Å². The molecule has 2 N–H and O–H groups in total. The third-order valence-corrected chi connectivity index (χ3v) is 6.57. The Labute approximate surface area is 156 Å². The van der Waals surface area contributed by atoms with Gasteiger partial charge in [-0.25, -0.2) is 12.8 Å². The van der Waals surface area contributed by atoms with Crippen molar-refractivity contribution in [2.24, 2.45) is 0 Å². The molecule has 0 radical (unpaired) electrons. The van der Waals surface area contributed by atoms with Crippen LogP contribution in [0.25, 0.3) is 10.9 Å². The average Bonchev–Trinajstić information content (AvgIpc) is 2.99. The molecule has 0 saturated heterocycles. The number of benzene rings is 2. The Hall–Kier alpha value is -2.71. The predicted octanol–water partition coefficient (Wildman–Crippen LogP) is 3.01. The van der Waals surface area contributed by atoms with Crippen molar-refractivity contribution in [1.82, 2.24) is 9.29 Å². The zero-order valence-corrected chi connectivity index (χ0v) is 15.4. The van der Waals surface area contributed by atoms with Gasteiger partial charge in [0.25, 0.3) is 0 Å². The summed E-state index contributed by atoms with van der Waals surface area (Å²) in [6, 6.07) is 10.6. The molecule has 6 nitrogen and oxygen atoms in total. The van der Waals surface area contributed by atoms with Crippen molar-refractivity contribution in [2.45, 2.75) is 24.8 Å². The first-order valence-electron chi connectivity index (χ1n) is 8.51. The molecule has 2 aromatic carbocycles. The number of hydrogen-bond acceptors (Lipinski definition) is 3. The van der Waals surface area contributed by atoms with Crippen LogP contribution in [0.2, 0.25) is 0 Å². The molecule has 0 saturated carbocycles. The number of rotatable bonds is 3. The highest BCUT2D eigenvalue weighted by Crippen LogP contribution is 2.31. The summed E-state index contributed by atoms with van der Waals surface area (Å²) in [6.45, 7) is 1.92. The quantitative estimate of drug-likeness (QED) is 0.725. The van der Waals surface area contributed by atoms with Gasteiger partial charge in [-0.05, 0) is 48.0 Å². The number of hydrogen-bond donors (Lipinski definition) is 2. The van der Waals surface area contributed by atoms with Crippen LogP contribution in [0.15, 0.2) is 47.4 Å². The summed E-state index contributed by atoms with van der Waals surface area (Å²) in [5.74, 6) is -0.571. The Kier molecular flexibility index (Phi) is 4.24. The number of carbonyl (C=O) groups excluding carboxylic acids is 1. The van der Waals surface area contributed by atoms with Gasteiger partial charge in [0.1, 0.15) is 5.82 Å². The van der Waals surface area contributed by atoms with Crippen LogP contribution in [0, 0.1) is 5.82 Å². The third kappa shape index (κ3) is 3.22. The number of aromatic amines is 1. The maximum absolute atomic E-state index is 13.6. The number of halogens is 1. The van der Waals surface area contributed by atoms with E-state index in [0.717, 1.165) is 16.8 Å². The number of amides is 1. The molecule has 1 aliphatic rings. The van der Waals surface area contributed by atoms with Crippen LogP contribution in [0.1, 0.15) is 18.2 Å². The Morgan fingerprint density at radius 1 is 1.19 bits per heavy atom. The lowest BCUT2D eigenvalue weighted by atomic mass is 10.1. The lowest BCUT2D eigenvalue weighted by Gasteiger charge is -2.26. The van der Waals surface area contributed by atoms with Gasteiger partial charge in [-0.1, -0.05) is 0 Å². The number of sulfonamides is 1. The molecule has 0 spiro atoms. The van der Waals surface area contributed by atoms with Crippen LogP contribution in [-0.2, 0) is 27.8 Å². The van der Waals surface area contributed by atoms with Crippen LogP contribution >= 0.6 is 0 Å². The molecule has 0 unspecified atom stereocenters. The fraction of sp³-hybridized carbons (Fsp3) is 0.211. The third-order valence-electron chi connectivity index (χ3n) is 4.71. The number of aromatic nitrogens is 1. The lowest BCUT2D eigenvalue weighted by Crippen LogP contribution is -2.35. The maximum atomic E-state index is 13.6. The fourth-order valence-corrected chi connectivity index (χ4v) is 4.84. The van der Waals surface area contributed by atoms with Gasteiger partial charge >= 0.3 is 0 Å². The van der Waals surface area contributed by atoms with Crippen LogP contribution in [0.5, 0.6) is 0 Å². The van der Waals surface area contributed by atoms with Crippen molar-refractivity contribution in [1.29, 1.82) is 0 Å². The monoisotopic (exact) mass is 387 g/mol. The minimum absolute atomic E-state index is 0.158. The van der Waals surface area contributed by atoms with E-state index in [0.29, 0.717) is 24.0 Å². The topological polar surface area (TPSA) is 82.3 Å². The Morgan fingerprint density at radius 3 is 2.63 bits per heavy atom. The zero-order chi connectivity index (χ0) is 19.2. The minimum atomic E-state index is -3.69. The normalized spacial score (nSPS) is 14.9. The van der Waals surface area contributed by atoms with Crippen molar-refractivity contribution in [2.75, 3.05) is 11.9 Å². The molecule has 2 heterocycles. The molecule has 1 aromatic heterocycles. The van der Waals surface area contributed by atoms with E-state index < -0.39 is 10.0 Å². The highest BCUT2D eigenvalue weighted by molar-refractivity contribution is 7.89. The van der Waals surface area contributed by atoms with E-state index >= 15 is 0 Å². The number of H-pyrrole nitrogens is 1. The van der Waals surface area contributed by atoms with E-state index in [1.54, 1.807) is 18.2 Å². The second-order valence-electron chi connectivity index (χ2n) is 6.57. The first kappa shape index (κ1) is 17.7. The van der Waals surface area contributed by atoms with E-state index in [1.807, 2.05) is 0 Å². The minimum Gasteiger partial charge on any atom is -0.358 e. The van der Waals surface area contributed by atoms with Gasteiger partial charge < -0.3 is 10.3 Å². The largest absolute Gasteiger partial charge is 0.358 e. The first-order chi connectivity index (χ1) is 12.8. The molecule has 0 bridgehead atoms. The van der Waals surface area contributed by atoms with Gasteiger partial charge in [0.05, 0.1) is 4.90 Å². The van der Waals surface area contributed by atoms with Gasteiger partial charge in [-0.15, -0.1) is 0 Å². The summed E-state index contributed by atoms with van der Waals surface area (Å²) >= 11 is 0. The average molecular weight is 387 g/mol.